The molecule has 7 heteroatoms. The third kappa shape index (κ3) is 3.79. The number of pyridine rings is 1. The van der Waals surface area contributed by atoms with Gasteiger partial charge >= 0.3 is 0 Å². The topological polar surface area (TPSA) is 73.0 Å². The van der Waals surface area contributed by atoms with Crippen LogP contribution in [-0.4, -0.2) is 20.9 Å². The molecule has 0 saturated heterocycles. The van der Waals surface area contributed by atoms with E-state index < -0.39 is 5.82 Å². The molecule has 1 aliphatic carbocycles. The van der Waals surface area contributed by atoms with Crippen molar-refractivity contribution in [3.8, 4) is 29.3 Å². The number of halogens is 1. The van der Waals surface area contributed by atoms with Crippen molar-refractivity contribution in [3.63, 3.8) is 0 Å². The van der Waals surface area contributed by atoms with Gasteiger partial charge in [0.2, 0.25) is 5.75 Å². The second-order valence-electron chi connectivity index (χ2n) is 7.36. The van der Waals surface area contributed by atoms with Crippen LogP contribution in [0.2, 0.25) is 0 Å². The maximum Gasteiger partial charge on any atom is 0.277 e. The van der Waals surface area contributed by atoms with E-state index in [4.69, 9.17) is 9.47 Å². The second kappa shape index (κ2) is 7.55. The van der Waals surface area contributed by atoms with Gasteiger partial charge in [0, 0.05) is 6.20 Å². The molecule has 0 spiro atoms. The molecule has 0 bridgehead atoms. The third-order valence-corrected chi connectivity index (χ3v) is 4.69. The number of rotatable bonds is 6. The van der Waals surface area contributed by atoms with Crippen LogP contribution >= 0.6 is 0 Å². The molecule has 2 heterocycles. The van der Waals surface area contributed by atoms with Crippen LogP contribution in [0.4, 0.5) is 4.39 Å². The predicted octanol–water partition coefficient (Wildman–Crippen LogP) is 5.04. The molecule has 1 aromatic carbocycles. The number of benzene rings is 1. The molecule has 6 nitrogen and oxygen atoms in total. The third-order valence-electron chi connectivity index (χ3n) is 4.69. The summed E-state index contributed by atoms with van der Waals surface area (Å²) in [5, 5.41) is 14.1. The van der Waals surface area contributed by atoms with E-state index in [-0.39, 0.29) is 17.7 Å². The molecule has 1 aliphatic rings. The zero-order valence-corrected chi connectivity index (χ0v) is 16.5. The second-order valence-corrected chi connectivity index (χ2v) is 7.36. The summed E-state index contributed by atoms with van der Waals surface area (Å²) in [7, 11) is 0. The highest BCUT2D eigenvalue weighted by Gasteiger charge is 2.27. The lowest BCUT2D eigenvalue weighted by molar-refractivity contribution is 0.223. The Morgan fingerprint density at radius 3 is 2.69 bits per heavy atom. The van der Waals surface area contributed by atoms with Gasteiger partial charge in [-0.3, -0.25) is 0 Å². The van der Waals surface area contributed by atoms with Crippen molar-refractivity contribution >= 4 is 0 Å². The van der Waals surface area contributed by atoms with Gasteiger partial charge in [0.25, 0.3) is 5.88 Å². The first kappa shape index (κ1) is 18.9. The van der Waals surface area contributed by atoms with Gasteiger partial charge in [-0.05, 0) is 63.3 Å². The summed E-state index contributed by atoms with van der Waals surface area (Å²) < 4.78 is 27.3. The van der Waals surface area contributed by atoms with Crippen LogP contribution in [0.1, 0.15) is 49.4 Å². The summed E-state index contributed by atoms with van der Waals surface area (Å²) in [6.45, 7) is 5.50. The van der Waals surface area contributed by atoms with Crippen molar-refractivity contribution in [2.45, 2.75) is 45.6 Å². The largest absolute Gasteiger partial charge is 0.471 e. The van der Waals surface area contributed by atoms with Crippen LogP contribution in [0.25, 0.3) is 5.82 Å². The quantitative estimate of drug-likeness (QED) is 0.587. The minimum absolute atomic E-state index is 0.0707. The number of ether oxygens (including phenoxy) is 2. The monoisotopic (exact) mass is 392 g/mol. The minimum atomic E-state index is -0.486. The maximum atomic E-state index is 14.1. The summed E-state index contributed by atoms with van der Waals surface area (Å²) in [5.74, 6) is 0.980. The summed E-state index contributed by atoms with van der Waals surface area (Å²) in [6.07, 6.45) is 3.87. The van der Waals surface area contributed by atoms with Gasteiger partial charge in [0.15, 0.2) is 17.4 Å². The highest BCUT2D eigenvalue weighted by Crippen LogP contribution is 2.41. The molecule has 0 amide bonds. The number of hydrogen-bond acceptors (Lipinski definition) is 5. The molecule has 0 atom stereocenters. The van der Waals surface area contributed by atoms with E-state index in [9.17, 15) is 9.65 Å². The summed E-state index contributed by atoms with van der Waals surface area (Å²) in [6, 6.07) is 10.2. The fourth-order valence-corrected chi connectivity index (χ4v) is 3.09. The minimum Gasteiger partial charge on any atom is -0.471 e. The molecule has 1 saturated carbocycles. The summed E-state index contributed by atoms with van der Waals surface area (Å²) in [5.41, 5.74) is 2.05. The van der Waals surface area contributed by atoms with Gasteiger partial charge in [-0.15, -0.1) is 5.10 Å². The molecule has 4 rings (SSSR count). The van der Waals surface area contributed by atoms with Gasteiger partial charge in [-0.2, -0.15) is 5.26 Å². The van der Waals surface area contributed by atoms with Crippen LogP contribution in [0, 0.1) is 24.1 Å². The van der Waals surface area contributed by atoms with E-state index in [1.807, 2.05) is 19.9 Å². The van der Waals surface area contributed by atoms with Crippen LogP contribution < -0.4 is 9.47 Å². The van der Waals surface area contributed by atoms with Gasteiger partial charge in [-0.1, -0.05) is 12.1 Å². The highest BCUT2D eigenvalue weighted by atomic mass is 19.1. The number of para-hydroxylation sites is 1. The van der Waals surface area contributed by atoms with Gasteiger partial charge < -0.3 is 9.47 Å². The zero-order valence-electron chi connectivity index (χ0n) is 16.5. The van der Waals surface area contributed by atoms with Gasteiger partial charge in [-0.25, -0.2) is 14.1 Å². The Hall–Kier alpha value is -3.40. The van der Waals surface area contributed by atoms with Crippen LogP contribution in [-0.2, 0) is 0 Å². The van der Waals surface area contributed by atoms with E-state index in [2.05, 4.69) is 16.2 Å². The normalized spacial score (nSPS) is 13.4. The fraction of sp³-hybridized carbons (Fsp3) is 0.318. The molecule has 29 heavy (non-hydrogen) atoms. The number of aromatic nitrogens is 3. The van der Waals surface area contributed by atoms with Crippen LogP contribution in [0.15, 0.2) is 36.5 Å². The molecule has 0 aliphatic heterocycles. The Morgan fingerprint density at radius 1 is 1.28 bits per heavy atom. The lowest BCUT2D eigenvalue weighted by Gasteiger charge is -2.10. The Labute approximate surface area is 168 Å². The number of nitriles is 1. The predicted molar refractivity (Wildman–Crippen MR) is 105 cm³/mol. The molecule has 2 aromatic heterocycles. The smallest absolute Gasteiger partial charge is 0.277 e. The van der Waals surface area contributed by atoms with Gasteiger partial charge in [0.05, 0.1) is 17.4 Å². The van der Waals surface area contributed by atoms with E-state index in [1.54, 1.807) is 25.3 Å². The maximum absolute atomic E-state index is 14.1. The first-order valence-electron chi connectivity index (χ1n) is 9.57. The van der Waals surface area contributed by atoms with E-state index in [1.165, 1.54) is 16.8 Å². The first-order valence-corrected chi connectivity index (χ1v) is 9.57. The molecule has 0 radical (unpaired) electrons. The molecule has 1 fully saturated rings. The van der Waals surface area contributed by atoms with Crippen molar-refractivity contribution in [1.82, 2.24) is 14.8 Å². The van der Waals surface area contributed by atoms with Crippen molar-refractivity contribution in [3.05, 3.63) is 59.2 Å². The molecule has 148 valence electrons. The summed E-state index contributed by atoms with van der Waals surface area (Å²) in [4.78, 5) is 4.49. The molecule has 3 aromatic rings. The SMILES string of the molecule is Cc1c(Oc2ccccc2F)c(OC(C)C)nn1-c1ncc(C2CC2)cc1C#N. The van der Waals surface area contributed by atoms with Crippen molar-refractivity contribution in [1.29, 1.82) is 5.26 Å². The standard InChI is InChI=1S/C22H21FN4O2/c1-13(2)28-22-20(29-19-7-5-4-6-18(19)23)14(3)27(26-22)21-16(11-24)10-17(12-25-21)15-8-9-15/h4-7,10,12-13,15H,8-9H2,1-3H3. The molecule has 0 N–H and O–H groups in total. The van der Waals surface area contributed by atoms with Crippen LogP contribution in [0.3, 0.4) is 0 Å². The van der Waals surface area contributed by atoms with Gasteiger partial charge in [0.1, 0.15) is 6.07 Å². The van der Waals surface area contributed by atoms with Crippen molar-refractivity contribution < 1.29 is 13.9 Å². The average Bonchev–Trinajstić information content (AvgIpc) is 3.51. The fourth-order valence-electron chi connectivity index (χ4n) is 3.09. The number of hydrogen-bond donors (Lipinski definition) is 0. The zero-order chi connectivity index (χ0) is 20.5. The van der Waals surface area contributed by atoms with E-state index in [0.29, 0.717) is 28.7 Å². The van der Waals surface area contributed by atoms with E-state index in [0.717, 1.165) is 18.4 Å². The van der Waals surface area contributed by atoms with Crippen LogP contribution in [0.5, 0.6) is 17.4 Å². The number of nitrogens with zero attached hydrogens (tertiary/aromatic N) is 4. The summed E-state index contributed by atoms with van der Waals surface area (Å²) >= 11 is 0. The average molecular weight is 392 g/mol. The Balaban J connectivity index is 1.80. The molecule has 0 unspecified atom stereocenters. The van der Waals surface area contributed by atoms with Crippen molar-refractivity contribution in [2.24, 2.45) is 0 Å². The molecular weight excluding hydrogens is 371 g/mol. The lowest BCUT2D eigenvalue weighted by Crippen LogP contribution is -2.08. The van der Waals surface area contributed by atoms with Crippen molar-refractivity contribution in [2.75, 3.05) is 0 Å². The first-order chi connectivity index (χ1) is 14.0. The Bertz CT molecular complexity index is 1100. The Morgan fingerprint density at radius 2 is 2.03 bits per heavy atom. The highest BCUT2D eigenvalue weighted by molar-refractivity contribution is 5.51. The van der Waals surface area contributed by atoms with E-state index >= 15 is 0 Å². The Kier molecular flexibility index (Phi) is 4.93. The molecular formula is C22H21FN4O2. The lowest BCUT2D eigenvalue weighted by atomic mass is 10.1.